The number of nitrogens with one attached hydrogen (secondary N) is 1. The Morgan fingerprint density at radius 2 is 2.07 bits per heavy atom. The molecule has 0 unspecified atom stereocenters. The largest absolute Gasteiger partial charge is 0.345 e. The summed E-state index contributed by atoms with van der Waals surface area (Å²) >= 11 is 0. The molecule has 0 bridgehead atoms. The van der Waals surface area contributed by atoms with Crippen LogP contribution in [0.5, 0.6) is 0 Å². The van der Waals surface area contributed by atoms with Crippen LogP contribution in [0.1, 0.15) is 48.4 Å². The van der Waals surface area contributed by atoms with Crippen LogP contribution in [-0.4, -0.2) is 21.0 Å². The minimum Gasteiger partial charge on any atom is -0.345 e. The molecule has 3 aromatic rings. The molecule has 2 heterocycles. The normalized spacial score (nSPS) is 11.4. The lowest BCUT2D eigenvalue weighted by Crippen LogP contribution is -2.25. The summed E-state index contributed by atoms with van der Waals surface area (Å²) in [6.07, 6.45) is 3.08. The summed E-state index contributed by atoms with van der Waals surface area (Å²) in [5, 5.41) is 6.41. The van der Waals surface area contributed by atoms with Crippen molar-refractivity contribution < 1.29 is 13.7 Å². The Kier molecular flexibility index (Phi) is 5.03. The molecule has 0 fully saturated rings. The molecule has 0 aliphatic heterocycles. The van der Waals surface area contributed by atoms with Crippen LogP contribution in [0.15, 0.2) is 35.1 Å². The molecule has 3 rings (SSSR count). The smallest absolute Gasteiger partial charge is 0.292 e. The third-order valence-electron chi connectivity index (χ3n) is 4.12. The average molecular weight is 367 g/mol. The molecule has 0 aliphatic rings. The summed E-state index contributed by atoms with van der Waals surface area (Å²) in [6, 6.07) is 8.05. The first-order valence-corrected chi connectivity index (χ1v) is 8.50. The second-order valence-corrected chi connectivity index (χ2v) is 7.22. The molecule has 0 saturated heterocycles. The highest BCUT2D eigenvalue weighted by Gasteiger charge is 2.24. The zero-order valence-corrected chi connectivity index (χ0v) is 15.6. The van der Waals surface area contributed by atoms with E-state index in [2.05, 4.69) is 26.5 Å². The molecule has 0 atom stereocenters. The Morgan fingerprint density at radius 1 is 1.30 bits per heavy atom. The van der Waals surface area contributed by atoms with E-state index in [0.717, 1.165) is 0 Å². The van der Waals surface area contributed by atoms with Crippen molar-refractivity contribution in [1.29, 1.82) is 0 Å². The number of pyridine rings is 1. The molecule has 0 spiro atoms. The van der Waals surface area contributed by atoms with Crippen LogP contribution in [0.3, 0.4) is 0 Å². The van der Waals surface area contributed by atoms with Crippen molar-refractivity contribution in [2.24, 2.45) is 0 Å². The fourth-order valence-corrected chi connectivity index (χ4v) is 2.48. The van der Waals surface area contributed by atoms with Gasteiger partial charge in [-0.05, 0) is 29.7 Å². The number of aromatic nitrogens is 3. The van der Waals surface area contributed by atoms with E-state index in [-0.39, 0.29) is 23.6 Å². The molecular formula is C20H20FN4O2. The topological polar surface area (TPSA) is 80.9 Å². The number of rotatable bonds is 4. The van der Waals surface area contributed by atoms with Gasteiger partial charge < -0.3 is 9.84 Å². The first-order valence-electron chi connectivity index (χ1n) is 8.50. The molecule has 7 heteroatoms. The lowest BCUT2D eigenvalue weighted by Gasteiger charge is -2.11. The molecule has 0 aliphatic carbocycles. The van der Waals surface area contributed by atoms with Gasteiger partial charge in [0.15, 0.2) is 0 Å². The summed E-state index contributed by atoms with van der Waals surface area (Å²) in [5.74, 6) is -0.478. The minimum atomic E-state index is -0.472. The van der Waals surface area contributed by atoms with Gasteiger partial charge in [-0.15, -0.1) is 0 Å². The zero-order chi connectivity index (χ0) is 19.6. The van der Waals surface area contributed by atoms with E-state index in [1.165, 1.54) is 6.20 Å². The number of halogens is 1. The molecule has 1 radical (unpaired) electrons. The first-order chi connectivity index (χ1) is 12.8. The summed E-state index contributed by atoms with van der Waals surface area (Å²) in [7, 11) is 0. The van der Waals surface area contributed by atoms with Crippen LogP contribution in [0.2, 0.25) is 0 Å². The van der Waals surface area contributed by atoms with E-state index >= 15 is 0 Å². The van der Waals surface area contributed by atoms with Gasteiger partial charge in [-0.25, -0.2) is 4.39 Å². The second-order valence-electron chi connectivity index (χ2n) is 7.22. The van der Waals surface area contributed by atoms with Crippen LogP contribution in [0, 0.1) is 18.8 Å². The number of hydrogen-bond donors (Lipinski definition) is 1. The van der Waals surface area contributed by atoms with Crippen molar-refractivity contribution in [1.82, 2.24) is 20.4 Å². The highest BCUT2D eigenvalue weighted by atomic mass is 19.1. The monoisotopic (exact) mass is 367 g/mol. The average Bonchev–Trinajstić information content (AvgIpc) is 3.14. The van der Waals surface area contributed by atoms with Crippen LogP contribution in [-0.2, 0) is 12.0 Å². The lowest BCUT2D eigenvalue weighted by molar-refractivity contribution is 0.0937. The lowest BCUT2D eigenvalue weighted by atomic mass is 9.97. The Hall–Kier alpha value is -3.09. The number of benzene rings is 1. The fraction of sp³-hybridized carbons (Fsp3) is 0.300. The zero-order valence-electron chi connectivity index (χ0n) is 15.6. The van der Waals surface area contributed by atoms with E-state index in [0.29, 0.717) is 28.1 Å². The van der Waals surface area contributed by atoms with Gasteiger partial charge in [0, 0.05) is 36.0 Å². The third-order valence-corrected chi connectivity index (χ3v) is 4.12. The van der Waals surface area contributed by atoms with Gasteiger partial charge >= 0.3 is 0 Å². The number of nitrogens with zero attached hydrogens (tertiary/aromatic N) is 3. The molecular weight excluding hydrogens is 347 g/mol. The van der Waals surface area contributed by atoms with E-state index in [1.807, 2.05) is 20.8 Å². The van der Waals surface area contributed by atoms with E-state index in [1.54, 1.807) is 31.3 Å². The molecule has 1 N–H and O–H groups in total. The van der Waals surface area contributed by atoms with Crippen molar-refractivity contribution in [3.05, 3.63) is 65.3 Å². The summed E-state index contributed by atoms with van der Waals surface area (Å²) in [4.78, 5) is 20.2. The van der Waals surface area contributed by atoms with Gasteiger partial charge in [-0.2, -0.15) is 4.98 Å². The maximum atomic E-state index is 14.7. The number of carbonyl (C=O) groups excluding carboxylic acids is 1. The number of amides is 1. The third kappa shape index (κ3) is 4.02. The summed E-state index contributed by atoms with van der Waals surface area (Å²) < 4.78 is 19.9. The maximum Gasteiger partial charge on any atom is 0.292 e. The predicted molar refractivity (Wildman–Crippen MR) is 97.4 cm³/mol. The van der Waals surface area contributed by atoms with Crippen molar-refractivity contribution in [3.63, 3.8) is 0 Å². The quantitative estimate of drug-likeness (QED) is 0.762. The highest BCUT2D eigenvalue weighted by molar-refractivity contribution is 5.90. The Morgan fingerprint density at radius 3 is 2.70 bits per heavy atom. The minimum absolute atomic E-state index is 0.0407. The van der Waals surface area contributed by atoms with Gasteiger partial charge in [0.2, 0.25) is 5.89 Å². The Labute approximate surface area is 156 Å². The van der Waals surface area contributed by atoms with Gasteiger partial charge in [0.1, 0.15) is 5.82 Å². The van der Waals surface area contributed by atoms with Crippen molar-refractivity contribution >= 4 is 5.91 Å². The van der Waals surface area contributed by atoms with Crippen LogP contribution < -0.4 is 5.32 Å². The highest BCUT2D eigenvalue weighted by Crippen LogP contribution is 2.26. The SMILES string of the molecule is Cc1c(CNC(=O)c2noc(C(C)(C)C)n2)ccc(-c2[c]cncc2)c1F. The fourth-order valence-electron chi connectivity index (χ4n) is 2.48. The molecule has 0 saturated carbocycles. The Balaban J connectivity index is 1.74. The first kappa shape index (κ1) is 18.7. The molecule has 2 aromatic heterocycles. The van der Waals surface area contributed by atoms with Crippen LogP contribution in [0.4, 0.5) is 4.39 Å². The standard InChI is InChI=1S/C20H20FN4O2/c1-12-14(5-6-15(16(12)21)13-7-9-22-10-8-13)11-23-18(26)17-24-19(27-25-17)20(2,3)4/h5-7,9-10H,11H2,1-4H3,(H,23,26). The maximum absolute atomic E-state index is 14.7. The van der Waals surface area contributed by atoms with Gasteiger partial charge in [-0.3, -0.25) is 9.78 Å². The summed E-state index contributed by atoms with van der Waals surface area (Å²) in [5.41, 5.74) is 1.85. The second kappa shape index (κ2) is 7.26. The van der Waals surface area contributed by atoms with Gasteiger partial charge in [-0.1, -0.05) is 38.1 Å². The van der Waals surface area contributed by atoms with Crippen molar-refractivity contribution in [2.75, 3.05) is 0 Å². The number of hydrogen-bond acceptors (Lipinski definition) is 5. The van der Waals surface area contributed by atoms with Gasteiger partial charge in [0.25, 0.3) is 11.7 Å². The van der Waals surface area contributed by atoms with Crippen LogP contribution >= 0.6 is 0 Å². The van der Waals surface area contributed by atoms with Gasteiger partial charge in [0.05, 0.1) is 0 Å². The van der Waals surface area contributed by atoms with Crippen molar-refractivity contribution in [2.45, 2.75) is 39.7 Å². The molecule has 6 nitrogen and oxygen atoms in total. The van der Waals surface area contributed by atoms with E-state index < -0.39 is 5.91 Å². The predicted octanol–water partition coefficient (Wildman–Crippen LogP) is 3.61. The number of carbonyl (C=O) groups is 1. The molecule has 1 amide bonds. The Bertz CT molecular complexity index is 962. The molecule has 139 valence electrons. The van der Waals surface area contributed by atoms with Crippen molar-refractivity contribution in [3.8, 4) is 11.1 Å². The molecule has 1 aromatic carbocycles. The van der Waals surface area contributed by atoms with Crippen LogP contribution in [0.25, 0.3) is 11.1 Å². The van der Waals surface area contributed by atoms with E-state index in [9.17, 15) is 9.18 Å². The summed E-state index contributed by atoms with van der Waals surface area (Å²) in [6.45, 7) is 7.57. The van der Waals surface area contributed by atoms with E-state index in [4.69, 9.17) is 4.52 Å². The molecule has 27 heavy (non-hydrogen) atoms.